The molecular formula is C20H23FN4O5S. The molecule has 1 fully saturated rings. The van der Waals surface area contributed by atoms with Gasteiger partial charge < -0.3 is 10.2 Å². The Hall–Kier alpha value is -3.05. The van der Waals surface area contributed by atoms with Gasteiger partial charge in [0.05, 0.1) is 10.7 Å². The molecule has 0 spiro atoms. The summed E-state index contributed by atoms with van der Waals surface area (Å²) in [7, 11) is -3.47. The molecule has 1 N–H and O–H groups in total. The van der Waals surface area contributed by atoms with Crippen molar-refractivity contribution in [2.75, 3.05) is 43.4 Å². The number of halogens is 1. The highest BCUT2D eigenvalue weighted by Crippen LogP contribution is 2.18. The van der Waals surface area contributed by atoms with E-state index in [-0.39, 0.29) is 35.8 Å². The summed E-state index contributed by atoms with van der Waals surface area (Å²) >= 11 is 0. The van der Waals surface area contributed by atoms with Gasteiger partial charge in [-0.25, -0.2) is 12.8 Å². The Balaban J connectivity index is 1.44. The Morgan fingerprint density at radius 3 is 2.42 bits per heavy atom. The van der Waals surface area contributed by atoms with Gasteiger partial charge in [0.1, 0.15) is 5.82 Å². The van der Waals surface area contributed by atoms with Crippen LogP contribution in [0.4, 0.5) is 15.8 Å². The second-order valence-corrected chi connectivity index (χ2v) is 9.18. The van der Waals surface area contributed by atoms with Crippen LogP contribution in [0.2, 0.25) is 0 Å². The van der Waals surface area contributed by atoms with Gasteiger partial charge in [-0.3, -0.25) is 14.9 Å². The molecule has 3 rings (SSSR count). The number of anilines is 1. The highest BCUT2D eigenvalue weighted by atomic mass is 32.2. The first-order valence-corrected chi connectivity index (χ1v) is 11.4. The third-order valence-electron chi connectivity index (χ3n) is 5.01. The van der Waals surface area contributed by atoms with E-state index in [1.165, 1.54) is 40.7 Å². The lowest BCUT2D eigenvalue weighted by atomic mass is 10.2. The van der Waals surface area contributed by atoms with Crippen molar-refractivity contribution in [1.82, 2.24) is 9.62 Å². The predicted molar refractivity (Wildman–Crippen MR) is 114 cm³/mol. The Morgan fingerprint density at radius 1 is 1.10 bits per heavy atom. The highest BCUT2D eigenvalue weighted by molar-refractivity contribution is 7.89. The Bertz CT molecular complexity index is 1040. The van der Waals surface area contributed by atoms with Crippen LogP contribution >= 0.6 is 0 Å². The number of amides is 1. The third-order valence-corrected chi connectivity index (χ3v) is 6.96. The van der Waals surface area contributed by atoms with Crippen LogP contribution < -0.4 is 10.2 Å². The van der Waals surface area contributed by atoms with Crippen LogP contribution in [-0.4, -0.2) is 62.0 Å². The molecule has 1 amide bonds. The molecular weight excluding hydrogens is 427 g/mol. The number of sulfonamides is 1. The molecule has 0 atom stereocenters. The smallest absolute Gasteiger partial charge is 0.270 e. The fraction of sp³-hybridized carbons (Fsp3) is 0.350. The number of carbonyl (C=O) groups is 1. The second kappa shape index (κ2) is 9.84. The van der Waals surface area contributed by atoms with Crippen LogP contribution in [0.15, 0.2) is 48.5 Å². The molecule has 1 saturated heterocycles. The predicted octanol–water partition coefficient (Wildman–Crippen LogP) is 2.01. The lowest BCUT2D eigenvalue weighted by Gasteiger charge is -2.35. The maximum absolute atomic E-state index is 13.1. The monoisotopic (exact) mass is 450 g/mol. The maximum Gasteiger partial charge on any atom is 0.270 e. The van der Waals surface area contributed by atoms with Gasteiger partial charge in [0.2, 0.25) is 10.0 Å². The first-order valence-electron chi connectivity index (χ1n) is 9.77. The number of hydrogen-bond donors (Lipinski definition) is 1. The molecule has 1 aliphatic heterocycles. The van der Waals surface area contributed by atoms with E-state index in [1.807, 2.05) is 4.90 Å². The molecule has 2 aromatic carbocycles. The number of nitrogens with one attached hydrogen (secondary N) is 1. The SMILES string of the molecule is O=C(NCCCS(=O)(=O)N1CCN(c2ccc(F)cc2)CC1)c1cccc([N+](=O)[O-])c1. The highest BCUT2D eigenvalue weighted by Gasteiger charge is 2.26. The molecule has 2 aromatic rings. The summed E-state index contributed by atoms with van der Waals surface area (Å²) in [6.07, 6.45) is 0.223. The normalized spacial score (nSPS) is 14.9. The molecule has 0 bridgehead atoms. The van der Waals surface area contributed by atoms with Crippen LogP contribution in [0.1, 0.15) is 16.8 Å². The van der Waals surface area contributed by atoms with Gasteiger partial charge >= 0.3 is 0 Å². The van der Waals surface area contributed by atoms with Gasteiger partial charge in [-0.2, -0.15) is 4.31 Å². The number of nitro groups is 1. The van der Waals surface area contributed by atoms with Crippen molar-refractivity contribution in [1.29, 1.82) is 0 Å². The number of benzene rings is 2. The summed E-state index contributed by atoms with van der Waals surface area (Å²) in [4.78, 5) is 24.3. The van der Waals surface area contributed by atoms with Gasteiger partial charge in [0.15, 0.2) is 0 Å². The first-order chi connectivity index (χ1) is 14.8. The minimum Gasteiger partial charge on any atom is -0.369 e. The lowest BCUT2D eigenvalue weighted by Crippen LogP contribution is -2.49. The molecule has 0 aliphatic carbocycles. The number of nitrogens with zero attached hydrogens (tertiary/aromatic N) is 3. The van der Waals surface area contributed by atoms with E-state index < -0.39 is 20.9 Å². The molecule has 1 aliphatic rings. The molecule has 0 saturated carbocycles. The maximum atomic E-state index is 13.1. The van der Waals surface area contributed by atoms with Gasteiger partial charge in [-0.1, -0.05) is 6.07 Å². The summed E-state index contributed by atoms with van der Waals surface area (Å²) < 4.78 is 39.6. The Kier molecular flexibility index (Phi) is 7.18. The molecule has 31 heavy (non-hydrogen) atoms. The van der Waals surface area contributed by atoms with Crippen molar-refractivity contribution in [2.45, 2.75) is 6.42 Å². The van der Waals surface area contributed by atoms with E-state index in [0.717, 1.165) is 5.69 Å². The minimum absolute atomic E-state index is 0.112. The van der Waals surface area contributed by atoms with Crippen molar-refractivity contribution in [3.05, 3.63) is 70.0 Å². The first kappa shape index (κ1) is 22.6. The molecule has 9 nitrogen and oxygen atoms in total. The number of nitro benzene ring substituents is 1. The number of carbonyl (C=O) groups excluding carboxylic acids is 1. The largest absolute Gasteiger partial charge is 0.369 e. The average Bonchev–Trinajstić information content (AvgIpc) is 2.77. The second-order valence-electron chi connectivity index (χ2n) is 7.10. The summed E-state index contributed by atoms with van der Waals surface area (Å²) in [6.45, 7) is 1.82. The summed E-state index contributed by atoms with van der Waals surface area (Å²) in [6, 6.07) is 11.4. The number of non-ortho nitro benzene ring substituents is 1. The molecule has 0 unspecified atom stereocenters. The van der Waals surface area contributed by atoms with Crippen LogP contribution in [0, 0.1) is 15.9 Å². The molecule has 0 aromatic heterocycles. The van der Waals surface area contributed by atoms with Gasteiger partial charge in [0, 0.05) is 56.1 Å². The van der Waals surface area contributed by atoms with Crippen molar-refractivity contribution >= 4 is 27.3 Å². The molecule has 0 radical (unpaired) electrons. The molecule has 166 valence electrons. The van der Waals surface area contributed by atoms with Crippen molar-refractivity contribution in [3.63, 3.8) is 0 Å². The zero-order valence-electron chi connectivity index (χ0n) is 16.7. The van der Waals surface area contributed by atoms with Crippen molar-refractivity contribution < 1.29 is 22.5 Å². The minimum atomic E-state index is -3.47. The molecule has 11 heteroatoms. The van der Waals surface area contributed by atoms with Crippen LogP contribution in [0.3, 0.4) is 0 Å². The summed E-state index contributed by atoms with van der Waals surface area (Å²) in [5, 5.41) is 13.4. The van der Waals surface area contributed by atoms with E-state index in [9.17, 15) is 27.7 Å². The zero-order chi connectivity index (χ0) is 22.4. The van der Waals surface area contributed by atoms with E-state index in [1.54, 1.807) is 12.1 Å². The number of rotatable bonds is 8. The number of hydrogen-bond acceptors (Lipinski definition) is 6. The third kappa shape index (κ3) is 5.98. The Labute approximate surface area is 179 Å². The van der Waals surface area contributed by atoms with Crippen LogP contribution in [-0.2, 0) is 10.0 Å². The van der Waals surface area contributed by atoms with Gasteiger partial charge in [-0.05, 0) is 36.8 Å². The van der Waals surface area contributed by atoms with Crippen molar-refractivity contribution in [2.24, 2.45) is 0 Å². The standard InChI is InChI=1S/C20H23FN4O5S/c21-17-5-7-18(8-6-17)23-10-12-24(13-11-23)31(29,30)14-2-9-22-20(26)16-3-1-4-19(15-16)25(27)28/h1,3-8,15H,2,9-14H2,(H,22,26). The number of piperazine rings is 1. The Morgan fingerprint density at radius 2 is 1.77 bits per heavy atom. The van der Waals surface area contributed by atoms with E-state index in [0.29, 0.717) is 26.2 Å². The van der Waals surface area contributed by atoms with Crippen molar-refractivity contribution in [3.8, 4) is 0 Å². The fourth-order valence-corrected chi connectivity index (χ4v) is 4.81. The van der Waals surface area contributed by atoms with Gasteiger partial charge in [-0.15, -0.1) is 0 Å². The van der Waals surface area contributed by atoms with E-state index >= 15 is 0 Å². The van der Waals surface area contributed by atoms with Crippen LogP contribution in [0.25, 0.3) is 0 Å². The average molecular weight is 450 g/mol. The van der Waals surface area contributed by atoms with E-state index in [4.69, 9.17) is 0 Å². The van der Waals surface area contributed by atoms with Crippen LogP contribution in [0.5, 0.6) is 0 Å². The summed E-state index contributed by atoms with van der Waals surface area (Å²) in [5.41, 5.74) is 0.811. The quantitative estimate of drug-likeness (QED) is 0.374. The zero-order valence-corrected chi connectivity index (χ0v) is 17.6. The summed E-state index contributed by atoms with van der Waals surface area (Å²) in [5.74, 6) is -0.921. The molecule has 1 heterocycles. The van der Waals surface area contributed by atoms with Gasteiger partial charge in [0.25, 0.3) is 11.6 Å². The lowest BCUT2D eigenvalue weighted by molar-refractivity contribution is -0.384. The topological polar surface area (TPSA) is 113 Å². The van der Waals surface area contributed by atoms with E-state index in [2.05, 4.69) is 5.32 Å². The fourth-order valence-electron chi connectivity index (χ4n) is 3.32.